The second-order valence-electron chi connectivity index (χ2n) is 11.5. The molecule has 1 aliphatic heterocycles. The van der Waals surface area contributed by atoms with Gasteiger partial charge in [0.15, 0.2) is 0 Å². The number of urea groups is 1. The van der Waals surface area contributed by atoms with E-state index in [0.717, 1.165) is 56.1 Å². The highest BCUT2D eigenvalue weighted by atomic mass is 16.3. The van der Waals surface area contributed by atoms with Crippen LogP contribution in [0.5, 0.6) is 0 Å². The lowest BCUT2D eigenvalue weighted by atomic mass is 9.67. The van der Waals surface area contributed by atoms with Crippen molar-refractivity contribution in [3.05, 3.63) is 71.3 Å². The Morgan fingerprint density at radius 1 is 0.944 bits per heavy atom. The Hall–Kier alpha value is -2.70. The highest BCUT2D eigenvalue weighted by Gasteiger charge is 2.56. The highest BCUT2D eigenvalue weighted by Crippen LogP contribution is 2.50. The van der Waals surface area contributed by atoms with Crippen LogP contribution in [0.3, 0.4) is 0 Å². The molecule has 2 aromatic rings. The van der Waals surface area contributed by atoms with Crippen LogP contribution < -0.4 is 0 Å². The first-order valence-corrected chi connectivity index (χ1v) is 13.3. The van der Waals surface area contributed by atoms with Crippen molar-refractivity contribution in [1.82, 2.24) is 14.7 Å². The van der Waals surface area contributed by atoms with E-state index < -0.39 is 5.60 Å². The number of aliphatic imine (C=N–C) groups is 1. The molecule has 2 saturated carbocycles. The first-order chi connectivity index (χ1) is 17.3. The summed E-state index contributed by atoms with van der Waals surface area (Å²) in [5, 5.41) is 11.1. The monoisotopic (exact) mass is 488 g/mol. The van der Waals surface area contributed by atoms with Crippen molar-refractivity contribution < 1.29 is 9.90 Å². The molecule has 6 heteroatoms. The van der Waals surface area contributed by atoms with Crippen molar-refractivity contribution in [2.45, 2.75) is 74.7 Å². The van der Waals surface area contributed by atoms with Crippen LogP contribution in [0.25, 0.3) is 0 Å². The van der Waals surface area contributed by atoms with Crippen LogP contribution in [0.1, 0.15) is 61.6 Å². The van der Waals surface area contributed by atoms with Gasteiger partial charge in [0.2, 0.25) is 0 Å². The van der Waals surface area contributed by atoms with Crippen molar-refractivity contribution in [3.8, 4) is 0 Å². The van der Waals surface area contributed by atoms with Crippen LogP contribution in [0.4, 0.5) is 4.79 Å². The average Bonchev–Trinajstić information content (AvgIpc) is 3.10. The summed E-state index contributed by atoms with van der Waals surface area (Å²) in [6.45, 7) is 5.93. The van der Waals surface area contributed by atoms with Crippen LogP contribution in [-0.2, 0) is 18.6 Å². The van der Waals surface area contributed by atoms with E-state index in [2.05, 4.69) is 78.1 Å². The maximum absolute atomic E-state index is 13.9. The summed E-state index contributed by atoms with van der Waals surface area (Å²) in [4.78, 5) is 24.5. The van der Waals surface area contributed by atoms with Gasteiger partial charge in [-0.15, -0.1) is 0 Å². The van der Waals surface area contributed by atoms with Crippen LogP contribution in [0.2, 0.25) is 0 Å². The normalized spacial score (nSPS) is 27.5. The van der Waals surface area contributed by atoms with Gasteiger partial charge in [-0.2, -0.15) is 0 Å². The minimum Gasteiger partial charge on any atom is -0.388 e. The molecule has 3 fully saturated rings. The fourth-order valence-electron chi connectivity index (χ4n) is 6.77. The molecule has 1 N–H and O–H groups in total. The van der Waals surface area contributed by atoms with Crippen LogP contribution in [0.15, 0.2) is 59.6 Å². The van der Waals surface area contributed by atoms with Crippen LogP contribution in [-0.4, -0.2) is 70.9 Å². The number of carbonyl (C=O) groups is 1. The number of nitrogens with zero attached hydrogens (tertiary/aromatic N) is 4. The summed E-state index contributed by atoms with van der Waals surface area (Å²) >= 11 is 0. The van der Waals surface area contributed by atoms with E-state index in [0.29, 0.717) is 26.2 Å². The van der Waals surface area contributed by atoms with Gasteiger partial charge in [-0.25, -0.2) is 4.79 Å². The molecule has 192 valence electrons. The largest absolute Gasteiger partial charge is 0.388 e. The lowest BCUT2D eigenvalue weighted by Gasteiger charge is -2.52. The Balaban J connectivity index is 1.43. The van der Waals surface area contributed by atoms with E-state index in [1.807, 2.05) is 17.0 Å². The maximum Gasteiger partial charge on any atom is 0.321 e. The third-order valence-corrected chi connectivity index (χ3v) is 9.23. The molecule has 2 aromatic carbocycles. The minimum atomic E-state index is -0.737. The molecular formula is C30H40N4O2. The fraction of sp³-hybridized carbons (Fsp3) is 0.533. The molecule has 1 saturated heterocycles. The number of benzene rings is 2. The Morgan fingerprint density at radius 2 is 1.58 bits per heavy atom. The molecule has 0 bridgehead atoms. The molecule has 1 spiro atoms. The third kappa shape index (κ3) is 4.35. The van der Waals surface area contributed by atoms with Crippen molar-refractivity contribution in [2.24, 2.45) is 4.99 Å². The summed E-state index contributed by atoms with van der Waals surface area (Å²) in [5.41, 5.74) is 2.57. The molecule has 0 atom stereocenters. The Labute approximate surface area is 215 Å². The zero-order valence-electron chi connectivity index (χ0n) is 21.8. The third-order valence-electron chi connectivity index (χ3n) is 9.23. The van der Waals surface area contributed by atoms with Gasteiger partial charge in [-0.1, -0.05) is 54.6 Å². The SMILES string of the molecule is C=NCc1ccccc1CN1CC2(CCC(c3ccccc3)(N(C)C)CC2)N(CC2(O)CCC2)C1=O. The number of aliphatic hydroxyl groups is 1. The van der Waals surface area contributed by atoms with Gasteiger partial charge in [0.05, 0.1) is 24.2 Å². The number of hydrogen-bond donors (Lipinski definition) is 1. The predicted octanol–water partition coefficient (Wildman–Crippen LogP) is 4.81. The Kier molecular flexibility index (Phi) is 6.69. The number of rotatable bonds is 8. The van der Waals surface area contributed by atoms with Crippen LogP contribution >= 0.6 is 0 Å². The number of amides is 2. The summed E-state index contributed by atoms with van der Waals surface area (Å²) in [6.07, 6.45) is 6.42. The molecule has 2 amide bonds. The molecule has 36 heavy (non-hydrogen) atoms. The second kappa shape index (κ2) is 9.64. The molecule has 0 aromatic heterocycles. The Morgan fingerprint density at radius 3 is 2.17 bits per heavy atom. The summed E-state index contributed by atoms with van der Waals surface area (Å²) < 4.78 is 0. The molecule has 0 radical (unpaired) electrons. The minimum absolute atomic E-state index is 0.0375. The highest BCUT2D eigenvalue weighted by molar-refractivity contribution is 5.78. The molecule has 2 aliphatic carbocycles. The molecule has 0 unspecified atom stereocenters. The number of carbonyl (C=O) groups excluding carboxylic acids is 1. The van der Waals surface area contributed by atoms with E-state index in [-0.39, 0.29) is 17.1 Å². The van der Waals surface area contributed by atoms with Gasteiger partial charge in [0, 0.05) is 18.6 Å². The number of β-amino-alcohol motifs (C(OH)–C–C–N with tert-alkyl or cyclic N) is 1. The van der Waals surface area contributed by atoms with E-state index in [1.165, 1.54) is 5.56 Å². The van der Waals surface area contributed by atoms with Gasteiger partial charge in [0.1, 0.15) is 0 Å². The van der Waals surface area contributed by atoms with Crippen molar-refractivity contribution >= 4 is 12.7 Å². The Bertz CT molecular complexity index is 1090. The molecule has 3 aliphatic rings. The second-order valence-corrected chi connectivity index (χ2v) is 11.5. The number of hydrogen-bond acceptors (Lipinski definition) is 4. The van der Waals surface area contributed by atoms with E-state index in [1.54, 1.807) is 0 Å². The van der Waals surface area contributed by atoms with Gasteiger partial charge in [-0.05, 0) is 82.4 Å². The van der Waals surface area contributed by atoms with E-state index in [9.17, 15) is 9.90 Å². The van der Waals surface area contributed by atoms with Gasteiger partial charge in [-0.3, -0.25) is 9.89 Å². The molecule has 1 heterocycles. The topological polar surface area (TPSA) is 59.4 Å². The van der Waals surface area contributed by atoms with Gasteiger partial charge in [0.25, 0.3) is 0 Å². The quantitative estimate of drug-likeness (QED) is 0.543. The first-order valence-electron chi connectivity index (χ1n) is 13.3. The maximum atomic E-state index is 13.9. The van der Waals surface area contributed by atoms with E-state index in [4.69, 9.17) is 0 Å². The van der Waals surface area contributed by atoms with Gasteiger partial charge >= 0.3 is 6.03 Å². The lowest BCUT2D eigenvalue weighted by Crippen LogP contribution is -2.59. The molecular weight excluding hydrogens is 448 g/mol. The van der Waals surface area contributed by atoms with Gasteiger partial charge < -0.3 is 14.9 Å². The van der Waals surface area contributed by atoms with E-state index >= 15 is 0 Å². The first kappa shape index (κ1) is 25.0. The zero-order valence-corrected chi connectivity index (χ0v) is 21.8. The summed E-state index contributed by atoms with van der Waals surface area (Å²) in [6, 6.07) is 19.1. The molecule has 5 rings (SSSR count). The fourth-order valence-corrected chi connectivity index (χ4v) is 6.77. The predicted molar refractivity (Wildman–Crippen MR) is 144 cm³/mol. The lowest BCUT2D eigenvalue weighted by molar-refractivity contribution is -0.0725. The summed E-state index contributed by atoms with van der Waals surface area (Å²) in [5.74, 6) is 0. The zero-order chi connectivity index (χ0) is 25.4. The van der Waals surface area contributed by atoms with Crippen molar-refractivity contribution in [1.29, 1.82) is 0 Å². The standard InChI is InChI=1S/C30H40N4O2/c1-31-20-24-10-7-8-11-25(24)21-33-22-28(34(27(33)35)23-29(36)14-9-15-29)16-18-30(19-17-28,32(2)3)26-12-5-4-6-13-26/h4-8,10-13,36H,1,9,14-23H2,2-3H3. The van der Waals surface area contributed by atoms with Crippen molar-refractivity contribution in [3.63, 3.8) is 0 Å². The van der Waals surface area contributed by atoms with Crippen LogP contribution in [0, 0.1) is 0 Å². The summed E-state index contributed by atoms with van der Waals surface area (Å²) in [7, 11) is 4.35. The smallest absolute Gasteiger partial charge is 0.321 e. The average molecular weight is 489 g/mol. The molecule has 6 nitrogen and oxygen atoms in total. The van der Waals surface area contributed by atoms with Crippen molar-refractivity contribution in [2.75, 3.05) is 27.2 Å².